The van der Waals surface area contributed by atoms with Crippen LogP contribution in [0.2, 0.25) is 5.02 Å². The molecule has 0 aliphatic carbocycles. The fraction of sp³-hybridized carbons (Fsp3) is 0.0625. The summed E-state index contributed by atoms with van der Waals surface area (Å²) in [7, 11) is 0. The van der Waals surface area contributed by atoms with E-state index in [1.165, 1.54) is 10.6 Å². The number of rotatable bonds is 1. The number of hydrogen-bond donors (Lipinski definition) is 0. The molecule has 0 unspecified atom stereocenters. The van der Waals surface area contributed by atoms with Crippen LogP contribution in [-0.4, -0.2) is 10.3 Å². The van der Waals surface area contributed by atoms with Crippen LogP contribution in [0.4, 0.5) is 0 Å². The second kappa shape index (κ2) is 4.62. The predicted octanol–water partition coefficient (Wildman–Crippen LogP) is 4.54. The maximum absolute atomic E-state index is 5.97. The summed E-state index contributed by atoms with van der Waals surface area (Å²) < 4.78 is 2.21. The fourth-order valence-electron chi connectivity index (χ4n) is 2.53. The normalized spacial score (nSPS) is 13.3. The molecule has 1 aliphatic heterocycles. The van der Waals surface area contributed by atoms with Gasteiger partial charge in [0.05, 0.1) is 28.5 Å². The highest BCUT2D eigenvalue weighted by Gasteiger charge is 2.18. The Hall–Kier alpha value is -1.84. The zero-order chi connectivity index (χ0) is 13.5. The molecule has 0 bridgehead atoms. The van der Waals surface area contributed by atoms with Crippen molar-refractivity contribution in [1.29, 1.82) is 0 Å². The lowest BCUT2D eigenvalue weighted by molar-refractivity contribution is 1.05. The second-order valence-corrected chi connectivity index (χ2v) is 6.10. The van der Waals surface area contributed by atoms with Gasteiger partial charge in [0.1, 0.15) is 0 Å². The largest absolute Gasteiger partial charge is 0.314 e. The van der Waals surface area contributed by atoms with E-state index in [2.05, 4.69) is 34.3 Å². The van der Waals surface area contributed by atoms with Crippen molar-refractivity contribution < 1.29 is 0 Å². The molecule has 3 heterocycles. The van der Waals surface area contributed by atoms with Gasteiger partial charge in [-0.25, -0.2) is 0 Å². The Labute approximate surface area is 126 Å². The van der Waals surface area contributed by atoms with Crippen LogP contribution < -0.4 is 0 Å². The summed E-state index contributed by atoms with van der Waals surface area (Å²) in [5, 5.41) is 2.87. The Morgan fingerprint density at radius 2 is 1.95 bits per heavy atom. The SMILES string of the molecule is Clc1ccc(C2=NCc3sccc3-n3cccc32)cc1. The van der Waals surface area contributed by atoms with Crippen LogP contribution in [-0.2, 0) is 6.54 Å². The van der Waals surface area contributed by atoms with Crippen molar-refractivity contribution in [2.75, 3.05) is 0 Å². The van der Waals surface area contributed by atoms with Crippen molar-refractivity contribution in [3.63, 3.8) is 0 Å². The van der Waals surface area contributed by atoms with Crippen molar-refractivity contribution in [2.45, 2.75) is 6.54 Å². The van der Waals surface area contributed by atoms with Crippen molar-refractivity contribution in [1.82, 2.24) is 4.57 Å². The molecule has 0 amide bonds. The minimum atomic E-state index is 0.729. The highest BCUT2D eigenvalue weighted by atomic mass is 35.5. The Kier molecular flexibility index (Phi) is 2.76. The summed E-state index contributed by atoms with van der Waals surface area (Å²) in [6.07, 6.45) is 2.09. The van der Waals surface area contributed by atoms with E-state index in [0.717, 1.165) is 28.5 Å². The first kappa shape index (κ1) is 11.9. The smallest absolute Gasteiger partial charge is 0.0891 e. The summed E-state index contributed by atoms with van der Waals surface area (Å²) in [5.74, 6) is 0. The molecule has 4 rings (SSSR count). The number of thiophene rings is 1. The summed E-state index contributed by atoms with van der Waals surface area (Å²) in [6.45, 7) is 0.729. The van der Waals surface area contributed by atoms with Gasteiger partial charge in [0.25, 0.3) is 0 Å². The van der Waals surface area contributed by atoms with Gasteiger partial charge in [-0.15, -0.1) is 11.3 Å². The van der Waals surface area contributed by atoms with Crippen LogP contribution in [0.15, 0.2) is 59.0 Å². The zero-order valence-electron chi connectivity index (χ0n) is 10.6. The van der Waals surface area contributed by atoms with Gasteiger partial charge in [-0.3, -0.25) is 4.99 Å². The van der Waals surface area contributed by atoms with E-state index in [4.69, 9.17) is 16.6 Å². The molecule has 0 saturated heterocycles. The molecule has 0 radical (unpaired) electrons. The van der Waals surface area contributed by atoms with Crippen LogP contribution in [0.1, 0.15) is 16.1 Å². The first-order chi connectivity index (χ1) is 9.83. The van der Waals surface area contributed by atoms with Gasteiger partial charge >= 0.3 is 0 Å². The molecular weight excluding hydrogens is 288 g/mol. The van der Waals surface area contributed by atoms with Crippen molar-refractivity contribution in [3.05, 3.63) is 75.2 Å². The maximum atomic E-state index is 5.97. The third-order valence-electron chi connectivity index (χ3n) is 3.47. The molecule has 2 aromatic heterocycles. The number of halogens is 1. The quantitative estimate of drug-likeness (QED) is 0.627. The van der Waals surface area contributed by atoms with Crippen LogP contribution in [0.5, 0.6) is 0 Å². The minimum Gasteiger partial charge on any atom is -0.314 e. The number of aliphatic imine (C=N–C) groups is 1. The van der Waals surface area contributed by atoms with Gasteiger partial charge in [-0.05, 0) is 35.7 Å². The van der Waals surface area contributed by atoms with Crippen molar-refractivity contribution in [2.24, 2.45) is 4.99 Å². The topological polar surface area (TPSA) is 17.3 Å². The molecule has 2 nitrogen and oxygen atoms in total. The number of nitrogens with zero attached hydrogens (tertiary/aromatic N) is 2. The third-order valence-corrected chi connectivity index (χ3v) is 4.62. The first-order valence-electron chi connectivity index (χ1n) is 6.38. The monoisotopic (exact) mass is 298 g/mol. The fourth-order valence-corrected chi connectivity index (χ4v) is 3.44. The lowest BCUT2D eigenvalue weighted by atomic mass is 10.1. The number of hydrogen-bond acceptors (Lipinski definition) is 2. The molecule has 0 saturated carbocycles. The van der Waals surface area contributed by atoms with E-state index in [1.807, 2.05) is 24.3 Å². The molecule has 0 atom stereocenters. The first-order valence-corrected chi connectivity index (χ1v) is 7.63. The van der Waals surface area contributed by atoms with Gasteiger partial charge in [0.2, 0.25) is 0 Å². The highest BCUT2D eigenvalue weighted by Crippen LogP contribution is 2.28. The second-order valence-electron chi connectivity index (χ2n) is 4.66. The van der Waals surface area contributed by atoms with Crippen molar-refractivity contribution >= 4 is 28.6 Å². The maximum Gasteiger partial charge on any atom is 0.0891 e. The van der Waals surface area contributed by atoms with Gasteiger partial charge in [-0.2, -0.15) is 0 Å². The van der Waals surface area contributed by atoms with Gasteiger partial charge in [0.15, 0.2) is 0 Å². The zero-order valence-corrected chi connectivity index (χ0v) is 12.2. The van der Waals surface area contributed by atoms with E-state index in [0.29, 0.717) is 0 Å². The van der Waals surface area contributed by atoms with Gasteiger partial charge in [0, 0.05) is 16.8 Å². The Morgan fingerprint density at radius 3 is 2.80 bits per heavy atom. The lowest BCUT2D eigenvalue weighted by Gasteiger charge is -2.08. The summed E-state index contributed by atoms with van der Waals surface area (Å²) in [4.78, 5) is 6.11. The Morgan fingerprint density at radius 1 is 1.10 bits per heavy atom. The van der Waals surface area contributed by atoms with Gasteiger partial charge in [-0.1, -0.05) is 23.7 Å². The molecular formula is C16H11ClN2S. The lowest BCUT2D eigenvalue weighted by Crippen LogP contribution is -2.07. The van der Waals surface area contributed by atoms with Crippen LogP contribution in [0.3, 0.4) is 0 Å². The van der Waals surface area contributed by atoms with Crippen molar-refractivity contribution in [3.8, 4) is 5.69 Å². The Bertz CT molecular complexity index is 796. The predicted molar refractivity (Wildman–Crippen MR) is 84.4 cm³/mol. The molecule has 0 fully saturated rings. The van der Waals surface area contributed by atoms with E-state index in [-0.39, 0.29) is 0 Å². The molecule has 20 heavy (non-hydrogen) atoms. The van der Waals surface area contributed by atoms with E-state index >= 15 is 0 Å². The van der Waals surface area contributed by atoms with Crippen LogP contribution in [0, 0.1) is 0 Å². The number of aromatic nitrogens is 1. The van der Waals surface area contributed by atoms with Crippen LogP contribution in [0.25, 0.3) is 5.69 Å². The third kappa shape index (κ3) is 1.82. The summed E-state index contributed by atoms with van der Waals surface area (Å²) in [6, 6.07) is 14.2. The molecule has 4 heteroatoms. The number of fused-ring (bicyclic) bond motifs is 3. The van der Waals surface area contributed by atoms with E-state index in [1.54, 1.807) is 11.3 Å². The minimum absolute atomic E-state index is 0.729. The standard InChI is InChI=1S/C16H11ClN2S/c17-12-5-3-11(4-6-12)16-14-2-1-8-19(14)13-7-9-20-15(13)10-18-16/h1-9H,10H2. The summed E-state index contributed by atoms with van der Waals surface area (Å²) in [5.41, 5.74) is 4.49. The molecule has 0 N–H and O–H groups in total. The molecule has 1 aliphatic rings. The average molecular weight is 299 g/mol. The molecule has 3 aromatic rings. The molecule has 98 valence electrons. The summed E-state index contributed by atoms with van der Waals surface area (Å²) >= 11 is 7.73. The Balaban J connectivity index is 1.91. The molecule has 0 spiro atoms. The highest BCUT2D eigenvalue weighted by molar-refractivity contribution is 7.10. The van der Waals surface area contributed by atoms with E-state index in [9.17, 15) is 0 Å². The van der Waals surface area contributed by atoms with E-state index < -0.39 is 0 Å². The molecule has 1 aromatic carbocycles. The number of benzene rings is 1. The van der Waals surface area contributed by atoms with Gasteiger partial charge < -0.3 is 4.57 Å². The van der Waals surface area contributed by atoms with Crippen LogP contribution >= 0.6 is 22.9 Å². The average Bonchev–Trinajstić information content (AvgIpc) is 3.08.